The zero-order valence-corrected chi connectivity index (χ0v) is 12.9. The van der Waals surface area contributed by atoms with Gasteiger partial charge in [-0.05, 0) is 47.5 Å². The Morgan fingerprint density at radius 2 is 2.16 bits per heavy atom. The van der Waals surface area contributed by atoms with Crippen LogP contribution < -0.4 is 5.32 Å². The molecule has 0 saturated carbocycles. The van der Waals surface area contributed by atoms with Crippen molar-refractivity contribution >= 4 is 0 Å². The standard InChI is InChI=1S/C15H27N3O/c1-11-6-7-14(19-11)10-18-9-13(12(2)17-18)8-16-15(3,4)5/h9,11,14,16H,6-8,10H2,1-5H3. The average Bonchev–Trinajstić information content (AvgIpc) is 2.82. The maximum atomic E-state index is 5.85. The van der Waals surface area contributed by atoms with E-state index in [0.29, 0.717) is 12.2 Å². The van der Waals surface area contributed by atoms with Crippen molar-refractivity contribution in [3.63, 3.8) is 0 Å². The van der Waals surface area contributed by atoms with Gasteiger partial charge in [0.2, 0.25) is 0 Å². The number of hydrogen-bond donors (Lipinski definition) is 1. The summed E-state index contributed by atoms with van der Waals surface area (Å²) in [5, 5.41) is 8.10. The second kappa shape index (κ2) is 5.63. The molecule has 0 amide bonds. The van der Waals surface area contributed by atoms with Gasteiger partial charge in [-0.15, -0.1) is 0 Å². The van der Waals surface area contributed by atoms with Gasteiger partial charge in [0.05, 0.1) is 24.4 Å². The van der Waals surface area contributed by atoms with Crippen molar-refractivity contribution in [3.05, 3.63) is 17.5 Å². The van der Waals surface area contributed by atoms with Crippen molar-refractivity contribution in [2.75, 3.05) is 0 Å². The summed E-state index contributed by atoms with van der Waals surface area (Å²) in [7, 11) is 0. The Kier molecular flexibility index (Phi) is 4.31. The minimum absolute atomic E-state index is 0.137. The third-order valence-corrected chi connectivity index (χ3v) is 3.57. The summed E-state index contributed by atoms with van der Waals surface area (Å²) < 4.78 is 7.89. The molecule has 4 heteroatoms. The van der Waals surface area contributed by atoms with E-state index in [1.165, 1.54) is 12.0 Å². The Morgan fingerprint density at radius 3 is 2.74 bits per heavy atom. The van der Waals surface area contributed by atoms with Crippen LogP contribution in [0.25, 0.3) is 0 Å². The van der Waals surface area contributed by atoms with E-state index in [9.17, 15) is 0 Å². The monoisotopic (exact) mass is 265 g/mol. The number of aromatic nitrogens is 2. The van der Waals surface area contributed by atoms with Crippen molar-refractivity contribution in [1.29, 1.82) is 0 Å². The Hall–Kier alpha value is -0.870. The zero-order chi connectivity index (χ0) is 14.0. The van der Waals surface area contributed by atoms with Crippen LogP contribution in [-0.4, -0.2) is 27.5 Å². The van der Waals surface area contributed by atoms with Gasteiger partial charge in [0, 0.05) is 23.8 Å². The summed E-state index contributed by atoms with van der Waals surface area (Å²) in [6.07, 6.45) is 5.21. The van der Waals surface area contributed by atoms with Crippen LogP contribution in [0.15, 0.2) is 6.20 Å². The second-order valence-electron chi connectivity index (χ2n) is 6.71. The normalized spacial score (nSPS) is 24.1. The molecule has 1 saturated heterocycles. The summed E-state index contributed by atoms with van der Waals surface area (Å²) in [5.41, 5.74) is 2.53. The van der Waals surface area contributed by atoms with Crippen LogP contribution in [0.2, 0.25) is 0 Å². The first kappa shape index (κ1) is 14.5. The van der Waals surface area contributed by atoms with Gasteiger partial charge in [-0.2, -0.15) is 5.10 Å². The molecule has 0 radical (unpaired) electrons. The third kappa shape index (κ3) is 4.32. The largest absolute Gasteiger partial charge is 0.373 e. The molecule has 2 unspecified atom stereocenters. The van der Waals surface area contributed by atoms with Crippen molar-refractivity contribution in [2.24, 2.45) is 0 Å². The van der Waals surface area contributed by atoms with Gasteiger partial charge < -0.3 is 10.1 Å². The molecule has 1 aliphatic rings. The Morgan fingerprint density at radius 1 is 1.42 bits per heavy atom. The molecule has 108 valence electrons. The van der Waals surface area contributed by atoms with E-state index in [1.54, 1.807) is 0 Å². The number of hydrogen-bond acceptors (Lipinski definition) is 3. The predicted octanol–water partition coefficient (Wildman–Crippen LogP) is 2.65. The summed E-state index contributed by atoms with van der Waals surface area (Å²) in [6.45, 7) is 12.5. The summed E-state index contributed by atoms with van der Waals surface area (Å²) in [5.74, 6) is 0. The Balaban J connectivity index is 1.92. The van der Waals surface area contributed by atoms with Gasteiger partial charge in [0.25, 0.3) is 0 Å². The smallest absolute Gasteiger partial charge is 0.0775 e. The first-order chi connectivity index (χ1) is 8.83. The van der Waals surface area contributed by atoms with E-state index in [0.717, 1.165) is 25.2 Å². The van der Waals surface area contributed by atoms with Crippen LogP contribution in [-0.2, 0) is 17.8 Å². The Labute approximate surface area is 116 Å². The van der Waals surface area contributed by atoms with Gasteiger partial charge in [-0.25, -0.2) is 0 Å². The molecular formula is C15H27N3O. The van der Waals surface area contributed by atoms with Gasteiger partial charge in [-0.1, -0.05) is 0 Å². The number of aryl methyl sites for hydroxylation is 1. The van der Waals surface area contributed by atoms with Crippen LogP contribution in [0, 0.1) is 6.92 Å². The molecule has 1 N–H and O–H groups in total. The highest BCUT2D eigenvalue weighted by atomic mass is 16.5. The SMILES string of the molecule is Cc1nn(CC2CCC(C)O2)cc1CNC(C)(C)C. The minimum Gasteiger partial charge on any atom is -0.373 e. The van der Waals surface area contributed by atoms with Crippen LogP contribution in [0.1, 0.15) is 51.8 Å². The fourth-order valence-corrected chi connectivity index (χ4v) is 2.41. The lowest BCUT2D eigenvalue weighted by atomic mass is 10.1. The fourth-order valence-electron chi connectivity index (χ4n) is 2.41. The van der Waals surface area contributed by atoms with E-state index in [-0.39, 0.29) is 5.54 Å². The maximum Gasteiger partial charge on any atom is 0.0775 e. The lowest BCUT2D eigenvalue weighted by Crippen LogP contribution is -2.35. The average molecular weight is 265 g/mol. The number of nitrogens with one attached hydrogen (secondary N) is 1. The molecule has 0 spiro atoms. The molecule has 2 atom stereocenters. The van der Waals surface area contributed by atoms with Crippen LogP contribution in [0.3, 0.4) is 0 Å². The lowest BCUT2D eigenvalue weighted by molar-refractivity contribution is 0.0436. The highest BCUT2D eigenvalue weighted by Crippen LogP contribution is 2.20. The summed E-state index contributed by atoms with van der Waals surface area (Å²) in [4.78, 5) is 0. The molecule has 1 aromatic heterocycles. The molecule has 2 heterocycles. The molecule has 4 nitrogen and oxygen atoms in total. The highest BCUT2D eigenvalue weighted by Gasteiger charge is 2.22. The van der Waals surface area contributed by atoms with Gasteiger partial charge in [0.15, 0.2) is 0 Å². The molecule has 1 aromatic rings. The maximum absolute atomic E-state index is 5.85. The zero-order valence-electron chi connectivity index (χ0n) is 12.9. The lowest BCUT2D eigenvalue weighted by Gasteiger charge is -2.20. The topological polar surface area (TPSA) is 39.1 Å². The van der Waals surface area contributed by atoms with Crippen LogP contribution in [0.5, 0.6) is 0 Å². The first-order valence-electron chi connectivity index (χ1n) is 7.27. The number of nitrogens with zero attached hydrogens (tertiary/aromatic N) is 2. The van der Waals surface area contributed by atoms with Crippen molar-refractivity contribution in [3.8, 4) is 0 Å². The van der Waals surface area contributed by atoms with E-state index >= 15 is 0 Å². The third-order valence-electron chi connectivity index (χ3n) is 3.57. The number of ether oxygens (including phenoxy) is 1. The van der Waals surface area contributed by atoms with E-state index in [4.69, 9.17) is 4.74 Å². The van der Waals surface area contributed by atoms with E-state index in [1.807, 2.05) is 4.68 Å². The van der Waals surface area contributed by atoms with E-state index in [2.05, 4.69) is 51.2 Å². The molecule has 1 fully saturated rings. The molecule has 1 aliphatic heterocycles. The van der Waals surface area contributed by atoms with Crippen molar-refractivity contribution < 1.29 is 4.74 Å². The minimum atomic E-state index is 0.137. The highest BCUT2D eigenvalue weighted by molar-refractivity contribution is 5.15. The summed E-state index contributed by atoms with van der Waals surface area (Å²) in [6, 6.07) is 0. The number of rotatable bonds is 4. The van der Waals surface area contributed by atoms with E-state index < -0.39 is 0 Å². The fraction of sp³-hybridized carbons (Fsp3) is 0.800. The molecule has 0 aromatic carbocycles. The molecule has 19 heavy (non-hydrogen) atoms. The quantitative estimate of drug-likeness (QED) is 0.909. The molecular weight excluding hydrogens is 238 g/mol. The van der Waals surface area contributed by atoms with Gasteiger partial charge in [-0.3, -0.25) is 4.68 Å². The van der Waals surface area contributed by atoms with Gasteiger partial charge >= 0.3 is 0 Å². The molecule has 0 bridgehead atoms. The van der Waals surface area contributed by atoms with Crippen LogP contribution >= 0.6 is 0 Å². The molecule has 0 aliphatic carbocycles. The van der Waals surface area contributed by atoms with Crippen molar-refractivity contribution in [1.82, 2.24) is 15.1 Å². The Bertz CT molecular complexity index is 420. The van der Waals surface area contributed by atoms with Gasteiger partial charge in [0.1, 0.15) is 0 Å². The second-order valence-corrected chi connectivity index (χ2v) is 6.71. The predicted molar refractivity (Wildman–Crippen MR) is 77.1 cm³/mol. The van der Waals surface area contributed by atoms with Crippen molar-refractivity contribution in [2.45, 2.75) is 78.3 Å². The first-order valence-corrected chi connectivity index (χ1v) is 7.27. The van der Waals surface area contributed by atoms with Crippen LogP contribution in [0.4, 0.5) is 0 Å². The summed E-state index contributed by atoms with van der Waals surface area (Å²) >= 11 is 0. The molecule has 2 rings (SSSR count).